The predicted molar refractivity (Wildman–Crippen MR) is 60.7 cm³/mol. The van der Waals surface area contributed by atoms with Gasteiger partial charge in [-0.2, -0.15) is 0 Å². The Kier molecular flexibility index (Phi) is 11.5. The molecular formula is C9H22O5S. The van der Waals surface area contributed by atoms with Crippen LogP contribution in [0, 0.1) is 0 Å². The van der Waals surface area contributed by atoms with Gasteiger partial charge in [0.1, 0.15) is 9.84 Å². The van der Waals surface area contributed by atoms with E-state index in [2.05, 4.69) is 0 Å². The number of aliphatic hydroxyl groups is 1. The summed E-state index contributed by atoms with van der Waals surface area (Å²) in [5.74, 6) is -0.590. The fourth-order valence-electron chi connectivity index (χ4n) is 0. The lowest BCUT2D eigenvalue weighted by atomic mass is 10.2. The zero-order valence-electron chi connectivity index (χ0n) is 10.2. The molecule has 0 amide bonds. The van der Waals surface area contributed by atoms with Crippen molar-refractivity contribution in [2.75, 3.05) is 12.0 Å². The lowest BCUT2D eigenvalue weighted by Gasteiger charge is -2.04. The maximum atomic E-state index is 10.0. The van der Waals surface area contributed by atoms with Gasteiger partial charge >= 0.3 is 0 Å². The molecule has 0 saturated carbocycles. The van der Waals surface area contributed by atoms with E-state index in [1.54, 1.807) is 27.7 Å². The van der Waals surface area contributed by atoms with E-state index in [-0.39, 0.29) is 5.75 Å². The molecule has 0 aliphatic heterocycles. The first kappa shape index (κ1) is 19.9. The molecule has 0 fully saturated rings. The van der Waals surface area contributed by atoms with Crippen LogP contribution in [0.25, 0.3) is 0 Å². The second-order valence-electron chi connectivity index (χ2n) is 3.90. The number of hydrogen-bond donors (Lipinski definition) is 2. The highest BCUT2D eigenvalue weighted by molar-refractivity contribution is 7.90. The van der Waals surface area contributed by atoms with Gasteiger partial charge < -0.3 is 10.2 Å². The van der Waals surface area contributed by atoms with Gasteiger partial charge in [-0.05, 0) is 20.8 Å². The molecule has 0 heterocycles. The second kappa shape index (κ2) is 8.67. The maximum Gasteiger partial charge on any atom is 0.300 e. The minimum Gasteiger partial charge on any atom is -0.481 e. The van der Waals surface area contributed by atoms with Crippen LogP contribution in [0.5, 0.6) is 0 Å². The molecule has 0 saturated heterocycles. The number of aliphatic carboxylic acids is 1. The van der Waals surface area contributed by atoms with E-state index in [4.69, 9.17) is 15.0 Å². The summed E-state index contributed by atoms with van der Waals surface area (Å²) in [7, 11) is -2.66. The Morgan fingerprint density at radius 1 is 1.27 bits per heavy atom. The van der Waals surface area contributed by atoms with Crippen LogP contribution in [0.3, 0.4) is 0 Å². The van der Waals surface area contributed by atoms with Gasteiger partial charge in [-0.1, -0.05) is 6.92 Å². The third kappa shape index (κ3) is 306. The van der Waals surface area contributed by atoms with Gasteiger partial charge in [0.15, 0.2) is 0 Å². The molecule has 5 nitrogen and oxygen atoms in total. The zero-order valence-corrected chi connectivity index (χ0v) is 11.1. The second-order valence-corrected chi connectivity index (χ2v) is 6.33. The minimum absolute atomic E-state index is 0.243. The quantitative estimate of drug-likeness (QED) is 0.713. The first-order valence-corrected chi connectivity index (χ1v) is 6.45. The van der Waals surface area contributed by atoms with Gasteiger partial charge in [-0.25, -0.2) is 8.42 Å². The van der Waals surface area contributed by atoms with Crippen molar-refractivity contribution in [3.8, 4) is 0 Å². The van der Waals surface area contributed by atoms with Crippen LogP contribution in [-0.4, -0.2) is 42.2 Å². The summed E-state index contributed by atoms with van der Waals surface area (Å²) in [5, 5.41) is 15.9. The topological polar surface area (TPSA) is 91.7 Å². The van der Waals surface area contributed by atoms with Crippen LogP contribution in [0.2, 0.25) is 0 Å². The molecule has 0 aromatic rings. The van der Waals surface area contributed by atoms with Crippen LogP contribution < -0.4 is 0 Å². The van der Waals surface area contributed by atoms with Gasteiger partial charge in [0.05, 0.1) is 5.60 Å². The first-order chi connectivity index (χ1) is 6.29. The van der Waals surface area contributed by atoms with Crippen molar-refractivity contribution < 1.29 is 23.4 Å². The lowest BCUT2D eigenvalue weighted by molar-refractivity contribution is -0.134. The zero-order chi connectivity index (χ0) is 13.3. The summed E-state index contributed by atoms with van der Waals surface area (Å²) in [6.45, 7) is 7.93. The van der Waals surface area contributed by atoms with Crippen LogP contribution in [0.4, 0.5) is 0 Å². The Morgan fingerprint density at radius 3 is 1.33 bits per heavy atom. The van der Waals surface area contributed by atoms with Crippen molar-refractivity contribution in [2.24, 2.45) is 0 Å². The number of carboxylic acids is 1. The molecule has 0 rings (SSSR count). The van der Waals surface area contributed by atoms with Crippen molar-refractivity contribution in [1.82, 2.24) is 0 Å². The van der Waals surface area contributed by atoms with E-state index < -0.39 is 21.4 Å². The molecule has 0 unspecified atom stereocenters. The summed E-state index contributed by atoms with van der Waals surface area (Å²) in [5.41, 5.74) is -0.500. The summed E-state index contributed by atoms with van der Waals surface area (Å²) in [4.78, 5) is 9.00. The predicted octanol–water partition coefficient (Wildman–Crippen LogP) is 0.919. The molecule has 0 aromatic heterocycles. The van der Waals surface area contributed by atoms with Gasteiger partial charge in [0.25, 0.3) is 5.97 Å². The molecule has 0 atom stereocenters. The van der Waals surface area contributed by atoms with E-state index in [0.717, 1.165) is 6.92 Å². The molecule has 0 aliphatic carbocycles. The molecule has 0 bridgehead atoms. The van der Waals surface area contributed by atoms with Crippen LogP contribution >= 0.6 is 0 Å². The fourth-order valence-corrected chi connectivity index (χ4v) is 0. The SMILES string of the molecule is CC(=O)O.CC(C)(C)O.CCS(C)(=O)=O. The molecule has 0 spiro atoms. The number of rotatable bonds is 1. The van der Waals surface area contributed by atoms with E-state index >= 15 is 0 Å². The Hall–Kier alpha value is -0.620. The van der Waals surface area contributed by atoms with E-state index in [1.165, 1.54) is 6.26 Å². The first-order valence-electron chi connectivity index (χ1n) is 4.39. The molecule has 94 valence electrons. The highest BCUT2D eigenvalue weighted by Gasteiger charge is 1.97. The molecular weight excluding hydrogens is 220 g/mol. The third-order valence-electron chi connectivity index (χ3n) is 0.524. The molecule has 15 heavy (non-hydrogen) atoms. The van der Waals surface area contributed by atoms with E-state index in [0.29, 0.717) is 0 Å². The van der Waals surface area contributed by atoms with Gasteiger partial charge in [0, 0.05) is 18.9 Å². The van der Waals surface area contributed by atoms with Crippen molar-refractivity contribution in [1.29, 1.82) is 0 Å². The van der Waals surface area contributed by atoms with Crippen LogP contribution in [0.15, 0.2) is 0 Å². The Morgan fingerprint density at radius 2 is 1.33 bits per heavy atom. The molecule has 6 heteroatoms. The van der Waals surface area contributed by atoms with E-state index in [9.17, 15) is 8.42 Å². The molecule has 0 aliphatic rings. The van der Waals surface area contributed by atoms with Crippen LogP contribution in [0.1, 0.15) is 34.6 Å². The Labute approximate surface area is 92.0 Å². The van der Waals surface area contributed by atoms with Crippen LogP contribution in [-0.2, 0) is 14.6 Å². The number of carbonyl (C=O) groups is 1. The largest absolute Gasteiger partial charge is 0.481 e. The van der Waals surface area contributed by atoms with Crippen molar-refractivity contribution in [2.45, 2.75) is 40.2 Å². The summed E-state index contributed by atoms with van der Waals surface area (Å²) in [6, 6.07) is 0. The maximum absolute atomic E-state index is 10.0. The highest BCUT2D eigenvalue weighted by atomic mass is 32.2. The number of sulfone groups is 1. The van der Waals surface area contributed by atoms with E-state index in [1.807, 2.05) is 0 Å². The van der Waals surface area contributed by atoms with Crippen molar-refractivity contribution in [3.05, 3.63) is 0 Å². The minimum atomic E-state index is -2.66. The molecule has 0 radical (unpaired) electrons. The highest BCUT2D eigenvalue weighted by Crippen LogP contribution is 1.93. The van der Waals surface area contributed by atoms with Crippen molar-refractivity contribution >= 4 is 15.8 Å². The fraction of sp³-hybridized carbons (Fsp3) is 0.889. The average molecular weight is 242 g/mol. The van der Waals surface area contributed by atoms with Gasteiger partial charge in [-0.3, -0.25) is 4.79 Å². The normalized spacial score (nSPS) is 10.3. The molecule has 2 N–H and O–H groups in total. The number of carboxylic acid groups (broad SMARTS) is 1. The van der Waals surface area contributed by atoms with Gasteiger partial charge in [0.2, 0.25) is 0 Å². The number of hydrogen-bond acceptors (Lipinski definition) is 4. The summed E-state index contributed by atoms with van der Waals surface area (Å²) in [6.07, 6.45) is 1.22. The monoisotopic (exact) mass is 242 g/mol. The van der Waals surface area contributed by atoms with Gasteiger partial charge in [-0.15, -0.1) is 0 Å². The standard InChI is InChI=1S/C4H10O.C3H8O2S.C2H4O2/c1-4(2,3)5;1-3-6(2,4)5;1-2(3)4/h5H,1-3H3;3H2,1-2H3;1H3,(H,3,4). The average Bonchev–Trinajstić information content (AvgIpc) is 1.80. The summed E-state index contributed by atoms with van der Waals surface area (Å²) < 4.78 is 20.0. The summed E-state index contributed by atoms with van der Waals surface area (Å²) >= 11 is 0. The molecule has 0 aromatic carbocycles. The smallest absolute Gasteiger partial charge is 0.300 e. The lowest BCUT2D eigenvalue weighted by Crippen LogP contribution is -2.10. The van der Waals surface area contributed by atoms with Crippen molar-refractivity contribution in [3.63, 3.8) is 0 Å². The Balaban J connectivity index is -0.000000147. The Bertz CT molecular complexity index is 238. The third-order valence-corrected chi connectivity index (χ3v) is 1.57.